The Labute approximate surface area is 182 Å². The summed E-state index contributed by atoms with van der Waals surface area (Å²) in [5, 5.41) is 3.27. The first-order valence-corrected chi connectivity index (χ1v) is 11.2. The number of carbonyl (C=O) groups is 2. The molecule has 2 aliphatic rings. The summed E-state index contributed by atoms with van der Waals surface area (Å²) < 4.78 is 1.92. The normalized spacial score (nSPS) is 21.8. The second-order valence-electron chi connectivity index (χ2n) is 8.97. The summed E-state index contributed by atoms with van der Waals surface area (Å²) in [5.74, 6) is 0.125. The monoisotopic (exact) mass is 416 g/mol. The Morgan fingerprint density at radius 3 is 2.55 bits per heavy atom. The minimum atomic E-state index is -0.999. The number of rotatable bonds is 4. The average Bonchev–Trinajstić information content (AvgIpc) is 3.16. The highest BCUT2D eigenvalue weighted by molar-refractivity contribution is 6.01. The van der Waals surface area contributed by atoms with Crippen LogP contribution in [-0.4, -0.2) is 37.8 Å². The molecule has 0 radical (unpaired) electrons. The van der Waals surface area contributed by atoms with Gasteiger partial charge in [0.25, 0.3) is 5.91 Å². The maximum Gasteiger partial charge on any atom is 0.291 e. The lowest BCUT2D eigenvalue weighted by atomic mass is 9.91. The van der Waals surface area contributed by atoms with Crippen LogP contribution < -0.4 is 5.32 Å². The van der Waals surface area contributed by atoms with E-state index in [1.165, 1.54) is 6.42 Å². The average molecular weight is 417 g/mol. The van der Waals surface area contributed by atoms with Crippen molar-refractivity contribution in [1.29, 1.82) is 0 Å². The maximum atomic E-state index is 13.7. The van der Waals surface area contributed by atoms with Gasteiger partial charge in [-0.15, -0.1) is 0 Å². The zero-order valence-corrected chi connectivity index (χ0v) is 17.9. The molecule has 160 valence electrons. The van der Waals surface area contributed by atoms with E-state index in [1.54, 1.807) is 4.90 Å². The van der Waals surface area contributed by atoms with Gasteiger partial charge in [-0.25, -0.2) is 4.98 Å². The molecule has 0 saturated heterocycles. The minimum Gasteiger partial charge on any atom is -0.351 e. The van der Waals surface area contributed by atoms with Gasteiger partial charge in [-0.2, -0.15) is 0 Å². The summed E-state index contributed by atoms with van der Waals surface area (Å²) in [7, 11) is 0. The van der Waals surface area contributed by atoms with Crippen LogP contribution in [0.4, 0.5) is 0 Å². The first-order chi connectivity index (χ1) is 15.1. The fourth-order valence-corrected chi connectivity index (χ4v) is 4.93. The Kier molecular flexibility index (Phi) is 5.00. The smallest absolute Gasteiger partial charge is 0.291 e. The first-order valence-electron chi connectivity index (χ1n) is 11.2. The van der Waals surface area contributed by atoms with Crippen LogP contribution in [0.15, 0.2) is 54.6 Å². The third kappa shape index (κ3) is 3.50. The first kappa shape index (κ1) is 19.8. The third-order valence-electron chi connectivity index (χ3n) is 6.77. The van der Waals surface area contributed by atoms with E-state index in [-0.39, 0.29) is 17.9 Å². The number of fused-ring (bicyclic) bond motifs is 3. The summed E-state index contributed by atoms with van der Waals surface area (Å²) in [5.41, 5.74) is 1.67. The van der Waals surface area contributed by atoms with E-state index in [0.717, 1.165) is 42.3 Å². The van der Waals surface area contributed by atoms with Crippen molar-refractivity contribution in [3.05, 3.63) is 66.0 Å². The molecule has 2 amide bonds. The van der Waals surface area contributed by atoms with Gasteiger partial charge in [0.2, 0.25) is 5.91 Å². The van der Waals surface area contributed by atoms with Crippen LogP contribution in [-0.2, 0) is 17.9 Å². The van der Waals surface area contributed by atoms with Gasteiger partial charge in [0.05, 0.1) is 17.6 Å². The largest absolute Gasteiger partial charge is 0.351 e. The number of benzene rings is 2. The van der Waals surface area contributed by atoms with E-state index >= 15 is 0 Å². The van der Waals surface area contributed by atoms with Crippen LogP contribution in [0.2, 0.25) is 0 Å². The number of hydrogen-bond donors (Lipinski definition) is 1. The molecule has 0 bridgehead atoms. The number of para-hydroxylation sites is 2. The summed E-state index contributed by atoms with van der Waals surface area (Å²) in [6, 6.07) is 17.8. The molecule has 1 saturated carbocycles. The van der Waals surface area contributed by atoms with E-state index in [0.29, 0.717) is 18.9 Å². The van der Waals surface area contributed by atoms with E-state index < -0.39 is 5.54 Å². The second-order valence-corrected chi connectivity index (χ2v) is 8.97. The van der Waals surface area contributed by atoms with E-state index in [2.05, 4.69) is 10.3 Å². The van der Waals surface area contributed by atoms with Crippen molar-refractivity contribution in [3.63, 3.8) is 0 Å². The van der Waals surface area contributed by atoms with Crippen molar-refractivity contribution in [2.24, 2.45) is 0 Å². The van der Waals surface area contributed by atoms with Crippen molar-refractivity contribution < 1.29 is 9.59 Å². The topological polar surface area (TPSA) is 67.2 Å². The quantitative estimate of drug-likeness (QED) is 0.701. The Morgan fingerprint density at radius 1 is 1.06 bits per heavy atom. The molecule has 2 heterocycles. The van der Waals surface area contributed by atoms with Crippen molar-refractivity contribution in [3.8, 4) is 0 Å². The minimum absolute atomic E-state index is 0.0767. The van der Waals surface area contributed by atoms with Gasteiger partial charge in [-0.3, -0.25) is 9.59 Å². The number of imidazole rings is 1. The summed E-state index contributed by atoms with van der Waals surface area (Å²) >= 11 is 0. The van der Waals surface area contributed by atoms with Gasteiger partial charge in [0.1, 0.15) is 5.54 Å². The molecule has 2 aromatic carbocycles. The van der Waals surface area contributed by atoms with Crippen LogP contribution in [0.1, 0.15) is 55.2 Å². The standard InChI is InChI=1S/C25H28N4O2/c1-25(24(31)26-19-12-6-3-7-13-19)17-28-21-15-9-8-14-20(21)27-22(28)23(30)29(25)16-18-10-4-2-5-11-18/h2,4-5,8-11,14-15,19H,3,6-7,12-13,16-17H2,1H3,(H,26,31)/t25-/m1/s1. The Morgan fingerprint density at radius 2 is 1.77 bits per heavy atom. The zero-order valence-electron chi connectivity index (χ0n) is 17.9. The lowest BCUT2D eigenvalue weighted by Gasteiger charge is -2.44. The van der Waals surface area contributed by atoms with Crippen LogP contribution in [0.25, 0.3) is 11.0 Å². The summed E-state index contributed by atoms with van der Waals surface area (Å²) in [6.07, 6.45) is 5.53. The molecular weight excluding hydrogens is 388 g/mol. The molecular formula is C25H28N4O2. The van der Waals surface area contributed by atoms with Crippen molar-refractivity contribution in [1.82, 2.24) is 19.8 Å². The van der Waals surface area contributed by atoms with Crippen molar-refractivity contribution in [2.45, 2.75) is 63.7 Å². The Balaban J connectivity index is 1.55. The van der Waals surface area contributed by atoms with Gasteiger partial charge in [0, 0.05) is 12.6 Å². The SMILES string of the molecule is C[C@]1(C(=O)NC2CCCCC2)Cn2c(nc3ccccc32)C(=O)N1Cc1ccccc1. The fraction of sp³-hybridized carbons (Fsp3) is 0.400. The molecule has 1 N–H and O–H groups in total. The molecule has 0 unspecified atom stereocenters. The highest BCUT2D eigenvalue weighted by Crippen LogP contribution is 2.32. The number of aromatic nitrogens is 2. The number of carbonyl (C=O) groups excluding carboxylic acids is 2. The van der Waals surface area contributed by atoms with Gasteiger partial charge in [-0.1, -0.05) is 61.7 Å². The highest BCUT2D eigenvalue weighted by Gasteiger charge is 2.48. The van der Waals surface area contributed by atoms with Gasteiger partial charge >= 0.3 is 0 Å². The Bertz CT molecular complexity index is 1120. The number of nitrogens with zero attached hydrogens (tertiary/aromatic N) is 3. The fourth-order valence-electron chi connectivity index (χ4n) is 4.93. The number of nitrogens with one attached hydrogen (secondary N) is 1. The highest BCUT2D eigenvalue weighted by atomic mass is 16.2. The van der Waals surface area contributed by atoms with Gasteiger partial charge in [0.15, 0.2) is 5.82 Å². The van der Waals surface area contributed by atoms with Crippen molar-refractivity contribution in [2.75, 3.05) is 0 Å². The molecule has 31 heavy (non-hydrogen) atoms. The van der Waals surface area contributed by atoms with Crippen molar-refractivity contribution >= 4 is 22.8 Å². The molecule has 6 heteroatoms. The maximum absolute atomic E-state index is 13.7. The molecule has 1 fully saturated rings. The van der Waals surface area contributed by atoms with E-state index in [4.69, 9.17) is 0 Å². The molecule has 1 aromatic heterocycles. The lowest BCUT2D eigenvalue weighted by molar-refractivity contribution is -0.134. The van der Waals surface area contributed by atoms with Crippen LogP contribution in [0.3, 0.4) is 0 Å². The Hall–Kier alpha value is -3.15. The number of amides is 2. The van der Waals surface area contributed by atoms with Crippen LogP contribution in [0, 0.1) is 0 Å². The molecule has 5 rings (SSSR count). The summed E-state index contributed by atoms with van der Waals surface area (Å²) in [4.78, 5) is 33.6. The molecule has 1 aliphatic heterocycles. The predicted octanol–water partition coefficient (Wildman–Crippen LogP) is 3.90. The van der Waals surface area contributed by atoms with Crippen LogP contribution in [0.5, 0.6) is 0 Å². The lowest BCUT2D eigenvalue weighted by Crippen LogP contribution is -2.64. The molecule has 0 spiro atoms. The zero-order chi connectivity index (χ0) is 21.4. The summed E-state index contributed by atoms with van der Waals surface area (Å²) in [6.45, 7) is 2.65. The third-order valence-corrected chi connectivity index (χ3v) is 6.77. The predicted molar refractivity (Wildman–Crippen MR) is 119 cm³/mol. The van der Waals surface area contributed by atoms with E-state index in [9.17, 15) is 9.59 Å². The van der Waals surface area contributed by atoms with Gasteiger partial charge < -0.3 is 14.8 Å². The molecule has 3 aromatic rings. The van der Waals surface area contributed by atoms with E-state index in [1.807, 2.05) is 66.1 Å². The molecule has 6 nitrogen and oxygen atoms in total. The second kappa shape index (κ2) is 7.84. The molecule has 1 atom stereocenters. The molecule has 1 aliphatic carbocycles. The van der Waals surface area contributed by atoms with Gasteiger partial charge in [-0.05, 0) is 37.5 Å². The van der Waals surface area contributed by atoms with Crippen LogP contribution >= 0.6 is 0 Å². The number of hydrogen-bond acceptors (Lipinski definition) is 3.